The van der Waals surface area contributed by atoms with Gasteiger partial charge in [0.1, 0.15) is 60.4 Å². The second-order valence-electron chi connectivity index (χ2n) is 22.6. The van der Waals surface area contributed by atoms with Crippen LogP contribution in [0, 0.1) is 23.7 Å². The smallest absolute Gasteiger partial charge is 0.245 e. The molecule has 0 spiro atoms. The molecule has 1 fully saturated rings. The van der Waals surface area contributed by atoms with E-state index in [1.54, 1.807) is 88.4 Å². The summed E-state index contributed by atoms with van der Waals surface area (Å²) in [4.78, 5) is 146. The van der Waals surface area contributed by atoms with E-state index in [1.165, 1.54) is 27.9 Å². The summed E-state index contributed by atoms with van der Waals surface area (Å²) in [7, 11) is 2.79. The zero-order valence-corrected chi connectivity index (χ0v) is 49.1. The van der Waals surface area contributed by atoms with Crippen LogP contribution in [0.25, 0.3) is 0 Å². The molecule has 444 valence electrons. The molecule has 12 N–H and O–H groups in total. The van der Waals surface area contributed by atoms with Gasteiger partial charge in [-0.3, -0.25) is 47.9 Å². The van der Waals surface area contributed by atoms with E-state index >= 15 is 0 Å². The first-order chi connectivity index (χ1) is 37.7. The normalized spacial score (nSPS) is 25.6. The molecular weight excluding hydrogens is 1020 g/mol. The third-order valence-corrected chi connectivity index (χ3v) is 14.2. The summed E-state index contributed by atoms with van der Waals surface area (Å²) in [6, 6.07) is 5.46. The molecule has 1 saturated heterocycles. The summed E-state index contributed by atoms with van der Waals surface area (Å²) in [6.07, 6.45) is 0.905. The first kappa shape index (κ1) is 67.3. The lowest BCUT2D eigenvalue weighted by molar-refractivity contribution is -0.143. The van der Waals surface area contributed by atoms with Crippen LogP contribution in [0.15, 0.2) is 60.7 Å². The number of carbonyl (C=O) groups excluding carboxylic acids is 10. The summed E-state index contributed by atoms with van der Waals surface area (Å²) in [5.41, 5.74) is 13.1. The highest BCUT2D eigenvalue weighted by molar-refractivity contribution is 5.99. The molecule has 0 radical (unpaired) electrons. The van der Waals surface area contributed by atoms with Crippen molar-refractivity contribution in [2.75, 3.05) is 27.2 Å². The van der Waals surface area contributed by atoms with E-state index in [4.69, 9.17) is 11.5 Å². The first-order valence-electron chi connectivity index (χ1n) is 28.1. The van der Waals surface area contributed by atoms with E-state index in [0.717, 1.165) is 9.80 Å². The lowest BCUT2D eigenvalue weighted by Gasteiger charge is -2.33. The Morgan fingerprint density at radius 1 is 0.400 bits per heavy atom. The van der Waals surface area contributed by atoms with Gasteiger partial charge in [-0.05, 0) is 100 Å². The van der Waals surface area contributed by atoms with Crippen molar-refractivity contribution in [2.24, 2.45) is 35.1 Å². The van der Waals surface area contributed by atoms with Crippen molar-refractivity contribution in [2.45, 2.75) is 181 Å². The topological polar surface area (TPSA) is 325 Å². The molecule has 2 aromatic rings. The summed E-state index contributed by atoms with van der Waals surface area (Å²) >= 11 is 0. The van der Waals surface area contributed by atoms with E-state index in [-0.39, 0.29) is 76.3 Å². The Morgan fingerprint density at radius 3 is 0.975 bits per heavy atom. The molecule has 0 unspecified atom stereocenters. The van der Waals surface area contributed by atoms with Crippen molar-refractivity contribution in [1.82, 2.24) is 52.3 Å². The van der Waals surface area contributed by atoms with Crippen LogP contribution in [-0.4, -0.2) is 156 Å². The van der Waals surface area contributed by atoms with Crippen LogP contribution in [0.4, 0.5) is 0 Å². The number of hydrogen-bond donors (Lipinski definition) is 10. The number of nitrogens with two attached hydrogens (primary N) is 2. The Hall–Kier alpha value is -6.94. The molecular formula is C58H92N12O10. The lowest BCUT2D eigenvalue weighted by Crippen LogP contribution is -2.62. The van der Waals surface area contributed by atoms with E-state index < -0.39 is 131 Å². The monoisotopic (exact) mass is 1120 g/mol. The number of amides is 10. The Morgan fingerprint density at radius 2 is 0.688 bits per heavy atom. The van der Waals surface area contributed by atoms with Crippen LogP contribution in [0.1, 0.15) is 119 Å². The van der Waals surface area contributed by atoms with Crippen molar-refractivity contribution in [3.05, 3.63) is 71.8 Å². The fourth-order valence-electron chi connectivity index (χ4n) is 9.14. The average Bonchev–Trinajstić information content (AvgIpc) is 3.41. The molecule has 3 rings (SSSR count). The van der Waals surface area contributed by atoms with Gasteiger partial charge in [-0.1, -0.05) is 116 Å². The lowest BCUT2D eigenvalue weighted by atomic mass is 9.99. The molecule has 22 heteroatoms. The standard InChI is InChI=1S/C58H92N12O10/c1-33(2)29-43-53(75)65-45(31-39-21-15-13-16-22-39)57(79)69(11)37(9)49(71)68-48(36(7)8)56(78)62-42(26-20-28-60)52(74)64-44(30-34(3)4)54(76)66-46(32-40-23-17-14-18-24-40)58(80)70(12)38(10)50(72)67-47(35(5)6)55(77)61-41(25-19-27-59)51(73)63-43/h13-18,21-24,33-38,41-48H,19-20,25-32,59-60H2,1-12H3,(H,61,77)(H,62,78)(H,63,73)(H,64,74)(H,65,75)(H,66,76)(H,67,72)(H,68,71)/t37-,38-,41-,42-,43-,44-,45+,46+,47-,48-/m0/s1. The third kappa shape index (κ3) is 20.9. The van der Waals surface area contributed by atoms with Crippen molar-refractivity contribution in [1.29, 1.82) is 0 Å². The highest BCUT2D eigenvalue weighted by Crippen LogP contribution is 2.16. The molecule has 1 aliphatic rings. The van der Waals surface area contributed by atoms with Crippen molar-refractivity contribution in [3.63, 3.8) is 0 Å². The zero-order chi connectivity index (χ0) is 60.0. The van der Waals surface area contributed by atoms with Gasteiger partial charge >= 0.3 is 0 Å². The van der Waals surface area contributed by atoms with Crippen molar-refractivity contribution < 1.29 is 47.9 Å². The van der Waals surface area contributed by atoms with Gasteiger partial charge in [-0.15, -0.1) is 0 Å². The SMILES string of the molecule is CC(C)C[C@@H]1NC(=O)[C@H](CCCN)NC(=O)[C@H](C(C)C)NC(=O)[C@H](C)N(C)C(=O)[C@@H](Cc2ccccc2)NC(=O)[C@H](CC(C)C)NC(=O)[C@H](CCCN)NC(=O)[C@H](C(C)C)NC(=O)[C@H](C)N(C)C(=O)[C@@H](Cc2ccccc2)NC1=O. The Kier molecular flexibility index (Phi) is 27.7. The molecule has 2 aromatic carbocycles. The van der Waals surface area contributed by atoms with Gasteiger partial charge in [0.25, 0.3) is 0 Å². The van der Waals surface area contributed by atoms with Crippen LogP contribution in [0.5, 0.6) is 0 Å². The molecule has 0 bridgehead atoms. The number of benzene rings is 2. The maximum Gasteiger partial charge on any atom is 0.245 e. The number of nitrogens with zero attached hydrogens (tertiary/aromatic N) is 2. The zero-order valence-electron chi connectivity index (χ0n) is 49.1. The van der Waals surface area contributed by atoms with Gasteiger partial charge in [0, 0.05) is 26.9 Å². The van der Waals surface area contributed by atoms with E-state index in [2.05, 4.69) is 42.5 Å². The minimum absolute atomic E-state index is 0.0102. The number of hydrogen-bond acceptors (Lipinski definition) is 12. The number of rotatable bonds is 16. The third-order valence-electron chi connectivity index (χ3n) is 14.2. The molecule has 0 aliphatic carbocycles. The largest absolute Gasteiger partial charge is 0.343 e. The molecule has 22 nitrogen and oxygen atoms in total. The molecule has 0 aromatic heterocycles. The second kappa shape index (κ2) is 33.0. The van der Waals surface area contributed by atoms with Crippen LogP contribution in [-0.2, 0) is 60.8 Å². The van der Waals surface area contributed by atoms with Gasteiger partial charge in [0.15, 0.2) is 0 Å². The Bertz CT molecular complexity index is 2230. The minimum atomic E-state index is -1.26. The summed E-state index contributed by atoms with van der Waals surface area (Å²) < 4.78 is 0. The Labute approximate surface area is 472 Å². The molecule has 0 saturated carbocycles. The summed E-state index contributed by atoms with van der Waals surface area (Å²) in [5, 5.41) is 22.3. The fraction of sp³-hybridized carbons (Fsp3) is 0.621. The van der Waals surface area contributed by atoms with Crippen LogP contribution < -0.4 is 54.0 Å². The maximum atomic E-state index is 14.6. The van der Waals surface area contributed by atoms with Gasteiger partial charge in [0.05, 0.1) is 0 Å². The average molecular weight is 1120 g/mol. The molecule has 1 aliphatic heterocycles. The van der Waals surface area contributed by atoms with Gasteiger partial charge in [0.2, 0.25) is 59.1 Å². The molecule has 10 amide bonds. The highest BCUT2D eigenvalue weighted by Gasteiger charge is 2.39. The van der Waals surface area contributed by atoms with Gasteiger partial charge < -0.3 is 63.8 Å². The quantitative estimate of drug-likeness (QED) is 0.112. The Balaban J connectivity index is 2.22. The highest BCUT2D eigenvalue weighted by atomic mass is 16.2. The molecule has 1 heterocycles. The number of nitrogens with one attached hydrogen (secondary N) is 8. The van der Waals surface area contributed by atoms with Gasteiger partial charge in [-0.25, -0.2) is 0 Å². The fourth-order valence-corrected chi connectivity index (χ4v) is 9.14. The number of carbonyl (C=O) groups is 10. The predicted molar refractivity (Wildman–Crippen MR) is 305 cm³/mol. The van der Waals surface area contributed by atoms with Gasteiger partial charge in [-0.2, -0.15) is 0 Å². The van der Waals surface area contributed by atoms with E-state index in [1.807, 2.05) is 27.7 Å². The minimum Gasteiger partial charge on any atom is -0.343 e. The van der Waals surface area contributed by atoms with E-state index in [0.29, 0.717) is 11.1 Å². The van der Waals surface area contributed by atoms with E-state index in [9.17, 15) is 47.9 Å². The van der Waals surface area contributed by atoms with Crippen LogP contribution in [0.3, 0.4) is 0 Å². The second-order valence-corrected chi connectivity index (χ2v) is 22.6. The van der Waals surface area contributed by atoms with Crippen molar-refractivity contribution >= 4 is 59.1 Å². The summed E-state index contributed by atoms with van der Waals surface area (Å²) in [5.74, 6) is -8.43. The predicted octanol–water partition coefficient (Wildman–Crippen LogP) is 0.940. The van der Waals surface area contributed by atoms with Crippen molar-refractivity contribution in [3.8, 4) is 0 Å². The van der Waals surface area contributed by atoms with Crippen LogP contribution >= 0.6 is 0 Å². The molecule has 80 heavy (non-hydrogen) atoms. The summed E-state index contributed by atoms with van der Waals surface area (Å²) in [6.45, 7) is 17.4. The van der Waals surface area contributed by atoms with Crippen LogP contribution in [0.2, 0.25) is 0 Å². The molecule has 10 atom stereocenters. The number of likely N-dealkylation sites (N-methyl/N-ethyl adjacent to an activating group) is 2. The maximum absolute atomic E-state index is 14.6. The first-order valence-corrected chi connectivity index (χ1v) is 28.1.